The third-order valence-corrected chi connectivity index (χ3v) is 4.92. The summed E-state index contributed by atoms with van der Waals surface area (Å²) in [5.74, 6) is -3.28. The SMILES string of the molecule is Cc1ccc(C(=O)O)cc1N1C(=O)C[C@@H](SC[C@H](N)C(=O)O)C1=O. The lowest BCUT2D eigenvalue weighted by atomic mass is 10.1. The molecule has 1 aromatic carbocycles. The number of hydrogen-bond donors (Lipinski definition) is 3. The Morgan fingerprint density at radius 1 is 1.38 bits per heavy atom. The first-order chi connectivity index (χ1) is 11.2. The van der Waals surface area contributed by atoms with Gasteiger partial charge in [0, 0.05) is 12.2 Å². The van der Waals surface area contributed by atoms with Gasteiger partial charge in [-0.05, 0) is 24.6 Å². The number of carboxylic acid groups (broad SMARTS) is 2. The molecule has 1 fully saturated rings. The Morgan fingerprint density at radius 3 is 2.62 bits per heavy atom. The Labute approximate surface area is 141 Å². The van der Waals surface area contributed by atoms with E-state index >= 15 is 0 Å². The minimum absolute atomic E-state index is 0.001000. The van der Waals surface area contributed by atoms with Crippen LogP contribution in [0.5, 0.6) is 0 Å². The van der Waals surface area contributed by atoms with Gasteiger partial charge in [0.05, 0.1) is 16.5 Å². The van der Waals surface area contributed by atoms with Gasteiger partial charge in [0.25, 0.3) is 0 Å². The molecule has 0 aliphatic carbocycles. The molecule has 0 saturated carbocycles. The van der Waals surface area contributed by atoms with Crippen molar-refractivity contribution in [3.63, 3.8) is 0 Å². The second kappa shape index (κ2) is 7.02. The molecule has 1 aromatic rings. The van der Waals surface area contributed by atoms with Gasteiger partial charge in [-0.1, -0.05) is 6.07 Å². The maximum absolute atomic E-state index is 12.5. The highest BCUT2D eigenvalue weighted by molar-refractivity contribution is 8.00. The fourth-order valence-corrected chi connectivity index (χ4v) is 3.35. The number of aromatic carboxylic acids is 1. The van der Waals surface area contributed by atoms with Crippen LogP contribution in [-0.2, 0) is 14.4 Å². The van der Waals surface area contributed by atoms with Crippen molar-refractivity contribution in [1.29, 1.82) is 0 Å². The molecule has 1 saturated heterocycles. The Morgan fingerprint density at radius 2 is 2.04 bits per heavy atom. The number of hydrogen-bond acceptors (Lipinski definition) is 6. The zero-order chi connectivity index (χ0) is 18.0. The molecule has 0 bridgehead atoms. The van der Waals surface area contributed by atoms with Gasteiger partial charge in [0.2, 0.25) is 11.8 Å². The predicted octanol–water partition coefficient (Wildman–Crippen LogP) is 0.470. The minimum Gasteiger partial charge on any atom is -0.480 e. The number of anilines is 1. The molecule has 1 aliphatic heterocycles. The fraction of sp³-hybridized carbons (Fsp3) is 0.333. The predicted molar refractivity (Wildman–Crippen MR) is 87.1 cm³/mol. The first-order valence-corrected chi connectivity index (χ1v) is 8.08. The zero-order valence-corrected chi connectivity index (χ0v) is 13.6. The summed E-state index contributed by atoms with van der Waals surface area (Å²) in [7, 11) is 0. The smallest absolute Gasteiger partial charge is 0.335 e. The average molecular weight is 352 g/mol. The molecule has 1 aliphatic rings. The van der Waals surface area contributed by atoms with E-state index in [1.807, 2.05) is 0 Å². The standard InChI is InChI=1S/C15H16N2O6S/c1-7-2-3-8(14(20)21)4-10(7)17-12(18)5-11(13(17)19)24-6-9(16)15(22)23/h2-4,9,11H,5-6,16H2,1H3,(H,20,21)(H,22,23)/t9-,11+/m0/s1. The molecular weight excluding hydrogens is 336 g/mol. The van der Waals surface area contributed by atoms with Crippen molar-refractivity contribution in [2.45, 2.75) is 24.6 Å². The van der Waals surface area contributed by atoms with E-state index in [-0.39, 0.29) is 23.4 Å². The van der Waals surface area contributed by atoms with Crippen LogP contribution in [-0.4, -0.2) is 51.0 Å². The van der Waals surface area contributed by atoms with E-state index in [1.54, 1.807) is 6.92 Å². The second-order valence-electron chi connectivity index (χ2n) is 5.34. The van der Waals surface area contributed by atoms with E-state index in [0.29, 0.717) is 5.56 Å². The molecule has 1 heterocycles. The molecule has 0 spiro atoms. The van der Waals surface area contributed by atoms with Crippen molar-refractivity contribution in [2.24, 2.45) is 5.73 Å². The number of imide groups is 1. The lowest BCUT2D eigenvalue weighted by molar-refractivity contribution is -0.138. The Hall–Kier alpha value is -2.39. The lowest BCUT2D eigenvalue weighted by Gasteiger charge is -2.18. The number of rotatable bonds is 6. The van der Waals surface area contributed by atoms with Gasteiger partial charge >= 0.3 is 11.9 Å². The molecule has 0 unspecified atom stereocenters. The summed E-state index contributed by atoms with van der Waals surface area (Å²) in [5.41, 5.74) is 6.20. The number of amides is 2. The van der Waals surface area contributed by atoms with Crippen LogP contribution in [0.25, 0.3) is 0 Å². The highest BCUT2D eigenvalue weighted by Gasteiger charge is 2.40. The highest BCUT2D eigenvalue weighted by atomic mass is 32.2. The van der Waals surface area contributed by atoms with Crippen LogP contribution in [0.1, 0.15) is 22.3 Å². The van der Waals surface area contributed by atoms with Crippen LogP contribution in [0, 0.1) is 6.92 Å². The van der Waals surface area contributed by atoms with Crippen LogP contribution >= 0.6 is 11.8 Å². The summed E-state index contributed by atoms with van der Waals surface area (Å²) in [6.45, 7) is 1.67. The fourth-order valence-electron chi connectivity index (χ4n) is 2.26. The van der Waals surface area contributed by atoms with Crippen molar-refractivity contribution >= 4 is 41.2 Å². The van der Waals surface area contributed by atoms with Crippen molar-refractivity contribution in [3.05, 3.63) is 29.3 Å². The van der Waals surface area contributed by atoms with E-state index in [9.17, 15) is 19.2 Å². The van der Waals surface area contributed by atoms with Crippen molar-refractivity contribution in [2.75, 3.05) is 10.7 Å². The maximum atomic E-state index is 12.5. The summed E-state index contributed by atoms with van der Waals surface area (Å²) in [5, 5.41) is 17.1. The molecule has 8 nitrogen and oxygen atoms in total. The number of nitrogens with two attached hydrogens (primary N) is 1. The van der Waals surface area contributed by atoms with E-state index in [0.717, 1.165) is 16.7 Å². The highest BCUT2D eigenvalue weighted by Crippen LogP contribution is 2.32. The maximum Gasteiger partial charge on any atom is 0.335 e. The molecule has 128 valence electrons. The third-order valence-electron chi connectivity index (χ3n) is 3.60. The number of carboxylic acids is 2. The van der Waals surface area contributed by atoms with Crippen LogP contribution in [0.3, 0.4) is 0 Å². The Kier molecular flexibility index (Phi) is 5.25. The van der Waals surface area contributed by atoms with Crippen molar-refractivity contribution in [3.8, 4) is 0 Å². The molecule has 4 N–H and O–H groups in total. The number of carbonyl (C=O) groups is 4. The minimum atomic E-state index is -1.18. The lowest BCUT2D eigenvalue weighted by Crippen LogP contribution is -2.35. The van der Waals surface area contributed by atoms with Crippen molar-refractivity contribution in [1.82, 2.24) is 0 Å². The van der Waals surface area contributed by atoms with E-state index in [2.05, 4.69) is 0 Å². The second-order valence-corrected chi connectivity index (χ2v) is 6.58. The molecule has 0 radical (unpaired) electrons. The monoisotopic (exact) mass is 352 g/mol. The largest absolute Gasteiger partial charge is 0.480 e. The average Bonchev–Trinajstić information content (AvgIpc) is 2.79. The van der Waals surface area contributed by atoms with Crippen molar-refractivity contribution < 1.29 is 29.4 Å². The van der Waals surface area contributed by atoms with E-state index in [4.69, 9.17) is 15.9 Å². The van der Waals surface area contributed by atoms with Crippen LogP contribution < -0.4 is 10.6 Å². The molecule has 2 atom stereocenters. The zero-order valence-electron chi connectivity index (χ0n) is 12.8. The van der Waals surface area contributed by atoms with Gasteiger partial charge in [-0.3, -0.25) is 14.4 Å². The van der Waals surface area contributed by atoms with Gasteiger partial charge < -0.3 is 15.9 Å². The summed E-state index contributed by atoms with van der Waals surface area (Å²) in [6, 6.07) is 3.08. The number of aryl methyl sites for hydroxylation is 1. The third kappa shape index (κ3) is 3.57. The van der Waals surface area contributed by atoms with Crippen LogP contribution in [0.4, 0.5) is 5.69 Å². The van der Waals surface area contributed by atoms with Gasteiger partial charge in [0.15, 0.2) is 0 Å². The number of carbonyl (C=O) groups excluding carboxylic acids is 2. The Balaban J connectivity index is 2.22. The number of aliphatic carboxylic acids is 1. The number of benzene rings is 1. The summed E-state index contributed by atoms with van der Waals surface area (Å²) < 4.78 is 0. The molecule has 9 heteroatoms. The number of nitrogens with zero attached hydrogens (tertiary/aromatic N) is 1. The molecule has 2 rings (SSSR count). The van der Waals surface area contributed by atoms with Gasteiger partial charge in [0.1, 0.15) is 6.04 Å². The Bertz CT molecular complexity index is 720. The molecule has 24 heavy (non-hydrogen) atoms. The normalized spacial score (nSPS) is 18.8. The van der Waals surface area contributed by atoms with Gasteiger partial charge in [-0.25, -0.2) is 9.69 Å². The van der Waals surface area contributed by atoms with Crippen LogP contribution in [0.15, 0.2) is 18.2 Å². The number of thioether (sulfide) groups is 1. The molecule has 0 aromatic heterocycles. The summed E-state index contributed by atoms with van der Waals surface area (Å²) >= 11 is 1.01. The van der Waals surface area contributed by atoms with E-state index in [1.165, 1.54) is 18.2 Å². The first-order valence-electron chi connectivity index (χ1n) is 7.03. The summed E-state index contributed by atoms with van der Waals surface area (Å²) in [4.78, 5) is 47.5. The molecular formula is C15H16N2O6S. The van der Waals surface area contributed by atoms with E-state index < -0.39 is 35.0 Å². The first kappa shape index (κ1) is 18.0. The summed E-state index contributed by atoms with van der Waals surface area (Å²) in [6.07, 6.45) is -0.0768. The quantitative estimate of drug-likeness (QED) is 0.628. The molecule has 2 amide bonds. The van der Waals surface area contributed by atoms with Gasteiger partial charge in [-0.2, -0.15) is 0 Å². The topological polar surface area (TPSA) is 138 Å². The van der Waals surface area contributed by atoms with Crippen LogP contribution in [0.2, 0.25) is 0 Å². The van der Waals surface area contributed by atoms with Gasteiger partial charge in [-0.15, -0.1) is 11.8 Å².